The molecule has 84 valence electrons. The van der Waals surface area contributed by atoms with Gasteiger partial charge in [-0.05, 0) is 26.3 Å². The van der Waals surface area contributed by atoms with Crippen LogP contribution in [0, 0.1) is 11.3 Å². The Morgan fingerprint density at radius 1 is 1.50 bits per heavy atom. The number of piperidine rings is 1. The highest BCUT2D eigenvalue weighted by Gasteiger charge is 2.20. The molecule has 1 fully saturated rings. The van der Waals surface area contributed by atoms with Crippen LogP contribution in [0.3, 0.4) is 0 Å². The first-order valence-corrected chi connectivity index (χ1v) is 5.51. The number of rotatable bonds is 2. The number of hydrogen-bond acceptors (Lipinski definition) is 5. The molecule has 2 rings (SSSR count). The maximum absolute atomic E-state index is 8.61. The van der Waals surface area contributed by atoms with Gasteiger partial charge >= 0.3 is 0 Å². The van der Waals surface area contributed by atoms with E-state index in [1.54, 1.807) is 6.20 Å². The summed E-state index contributed by atoms with van der Waals surface area (Å²) in [5.74, 6) is 0.736. The van der Waals surface area contributed by atoms with Crippen molar-refractivity contribution in [1.29, 1.82) is 5.26 Å². The zero-order valence-electron chi connectivity index (χ0n) is 9.27. The fraction of sp³-hybridized carbons (Fsp3) is 0.545. The lowest BCUT2D eigenvalue weighted by atomic mass is 10.00. The average molecular weight is 217 g/mol. The van der Waals surface area contributed by atoms with Crippen molar-refractivity contribution in [2.45, 2.75) is 31.8 Å². The highest BCUT2D eigenvalue weighted by Crippen LogP contribution is 2.13. The van der Waals surface area contributed by atoms with Gasteiger partial charge in [-0.3, -0.25) is 0 Å². The quantitative estimate of drug-likeness (QED) is 0.770. The van der Waals surface area contributed by atoms with Crippen molar-refractivity contribution in [2.24, 2.45) is 0 Å². The van der Waals surface area contributed by atoms with Crippen LogP contribution in [0.15, 0.2) is 12.4 Å². The number of nitrogens with zero attached hydrogens (tertiary/aromatic N) is 3. The molecular formula is C11H15N5. The van der Waals surface area contributed by atoms with Crippen molar-refractivity contribution in [1.82, 2.24) is 15.3 Å². The maximum atomic E-state index is 8.61. The van der Waals surface area contributed by atoms with E-state index in [-0.39, 0.29) is 0 Å². The van der Waals surface area contributed by atoms with Gasteiger partial charge in [0.05, 0.1) is 12.4 Å². The Morgan fingerprint density at radius 2 is 2.38 bits per heavy atom. The van der Waals surface area contributed by atoms with Gasteiger partial charge < -0.3 is 10.6 Å². The van der Waals surface area contributed by atoms with Gasteiger partial charge in [-0.15, -0.1) is 0 Å². The van der Waals surface area contributed by atoms with Crippen molar-refractivity contribution >= 4 is 5.82 Å². The number of anilines is 1. The van der Waals surface area contributed by atoms with Crippen molar-refractivity contribution < 1.29 is 0 Å². The monoisotopic (exact) mass is 217 g/mol. The van der Waals surface area contributed by atoms with E-state index in [9.17, 15) is 0 Å². The molecule has 0 bridgehead atoms. The summed E-state index contributed by atoms with van der Waals surface area (Å²) < 4.78 is 0. The van der Waals surface area contributed by atoms with E-state index >= 15 is 0 Å². The van der Waals surface area contributed by atoms with Crippen LogP contribution >= 0.6 is 0 Å². The van der Waals surface area contributed by atoms with Gasteiger partial charge in [0.2, 0.25) is 0 Å². The van der Waals surface area contributed by atoms with Crippen LogP contribution in [0.1, 0.15) is 25.5 Å². The van der Waals surface area contributed by atoms with E-state index < -0.39 is 0 Å². The van der Waals surface area contributed by atoms with E-state index in [2.05, 4.69) is 27.5 Å². The molecule has 1 aromatic heterocycles. The molecule has 1 aliphatic heterocycles. The van der Waals surface area contributed by atoms with Crippen molar-refractivity contribution in [3.05, 3.63) is 18.1 Å². The Kier molecular flexibility index (Phi) is 3.32. The second kappa shape index (κ2) is 4.90. The van der Waals surface area contributed by atoms with E-state index in [1.807, 2.05) is 6.07 Å². The molecule has 0 saturated carbocycles. The summed E-state index contributed by atoms with van der Waals surface area (Å²) in [6.45, 7) is 3.24. The normalized spacial score (nSPS) is 24.8. The minimum atomic E-state index is 0.348. The Hall–Kier alpha value is -1.67. The third kappa shape index (κ3) is 2.47. The van der Waals surface area contributed by atoms with Crippen molar-refractivity contribution in [3.8, 4) is 6.07 Å². The molecule has 0 amide bonds. The van der Waals surface area contributed by atoms with Gasteiger partial charge in [-0.1, -0.05) is 0 Å². The van der Waals surface area contributed by atoms with Crippen LogP contribution in [0.25, 0.3) is 0 Å². The van der Waals surface area contributed by atoms with Crippen LogP contribution < -0.4 is 10.6 Å². The zero-order valence-corrected chi connectivity index (χ0v) is 9.27. The van der Waals surface area contributed by atoms with Crippen LogP contribution in [-0.4, -0.2) is 28.6 Å². The topological polar surface area (TPSA) is 73.6 Å². The van der Waals surface area contributed by atoms with E-state index in [4.69, 9.17) is 5.26 Å². The minimum Gasteiger partial charge on any atom is -0.365 e. The summed E-state index contributed by atoms with van der Waals surface area (Å²) in [5.41, 5.74) is 0.348. The molecule has 2 N–H and O–H groups in total. The fourth-order valence-electron chi connectivity index (χ4n) is 1.89. The first-order valence-electron chi connectivity index (χ1n) is 5.51. The van der Waals surface area contributed by atoms with E-state index in [0.29, 0.717) is 17.8 Å². The Labute approximate surface area is 94.9 Å². The first-order chi connectivity index (χ1) is 7.79. The molecule has 0 aliphatic carbocycles. The molecule has 2 heterocycles. The second-order valence-corrected chi connectivity index (χ2v) is 4.03. The van der Waals surface area contributed by atoms with Crippen molar-refractivity contribution in [2.75, 3.05) is 11.9 Å². The molecule has 0 aromatic carbocycles. The van der Waals surface area contributed by atoms with Gasteiger partial charge in [0.25, 0.3) is 0 Å². The fourth-order valence-corrected chi connectivity index (χ4v) is 1.89. The first kappa shape index (κ1) is 10.8. The number of hydrogen-bond donors (Lipinski definition) is 2. The van der Waals surface area contributed by atoms with Gasteiger partial charge in [-0.2, -0.15) is 5.26 Å². The third-order valence-electron chi connectivity index (χ3n) is 2.86. The lowest BCUT2D eigenvalue weighted by molar-refractivity contribution is 0.388. The second-order valence-electron chi connectivity index (χ2n) is 4.03. The molecule has 1 saturated heterocycles. The summed E-state index contributed by atoms with van der Waals surface area (Å²) in [7, 11) is 0. The summed E-state index contributed by atoms with van der Waals surface area (Å²) in [6, 6.07) is 2.77. The minimum absolute atomic E-state index is 0.348. The van der Waals surface area contributed by atoms with Gasteiger partial charge in [0, 0.05) is 12.1 Å². The summed E-state index contributed by atoms with van der Waals surface area (Å²) >= 11 is 0. The number of aromatic nitrogens is 2. The lowest BCUT2D eigenvalue weighted by Gasteiger charge is -2.30. The standard InChI is InChI=1S/C11H15N5/c1-8-10(3-2-4-13-8)16-11-7-14-9(5-12)6-15-11/h6-8,10,13H,2-4H2,1H3,(H,15,16). The molecule has 0 radical (unpaired) electrons. The van der Waals surface area contributed by atoms with Crippen LogP contribution in [-0.2, 0) is 0 Å². The number of nitriles is 1. The highest BCUT2D eigenvalue weighted by atomic mass is 15.1. The highest BCUT2D eigenvalue weighted by molar-refractivity contribution is 5.35. The molecule has 2 unspecified atom stereocenters. The largest absolute Gasteiger partial charge is 0.365 e. The molecule has 2 atom stereocenters. The lowest BCUT2D eigenvalue weighted by Crippen LogP contribution is -2.46. The van der Waals surface area contributed by atoms with E-state index in [0.717, 1.165) is 18.8 Å². The average Bonchev–Trinajstić information content (AvgIpc) is 2.33. The molecule has 0 spiro atoms. The smallest absolute Gasteiger partial charge is 0.158 e. The maximum Gasteiger partial charge on any atom is 0.158 e. The third-order valence-corrected chi connectivity index (χ3v) is 2.86. The summed E-state index contributed by atoms with van der Waals surface area (Å²) in [6.07, 6.45) is 5.41. The van der Waals surface area contributed by atoms with E-state index in [1.165, 1.54) is 12.6 Å². The SMILES string of the molecule is CC1NCCCC1Nc1cnc(C#N)cn1. The molecule has 5 nitrogen and oxygen atoms in total. The number of nitrogens with one attached hydrogen (secondary N) is 2. The Bertz CT molecular complexity index is 380. The molecule has 5 heteroatoms. The zero-order chi connectivity index (χ0) is 11.4. The predicted molar refractivity (Wildman–Crippen MR) is 60.9 cm³/mol. The Morgan fingerprint density at radius 3 is 3.00 bits per heavy atom. The summed E-state index contributed by atoms with van der Waals surface area (Å²) in [5, 5.41) is 15.4. The van der Waals surface area contributed by atoms with Gasteiger partial charge in [-0.25, -0.2) is 9.97 Å². The van der Waals surface area contributed by atoms with Crippen LogP contribution in [0.5, 0.6) is 0 Å². The Balaban J connectivity index is 2.00. The van der Waals surface area contributed by atoms with Crippen molar-refractivity contribution in [3.63, 3.8) is 0 Å². The van der Waals surface area contributed by atoms with Gasteiger partial charge in [0.15, 0.2) is 5.69 Å². The molecular weight excluding hydrogens is 202 g/mol. The van der Waals surface area contributed by atoms with Gasteiger partial charge in [0.1, 0.15) is 11.9 Å². The molecule has 1 aliphatic rings. The molecule has 1 aromatic rings. The predicted octanol–water partition coefficient (Wildman–Crippen LogP) is 0.901. The van der Waals surface area contributed by atoms with Crippen LogP contribution in [0.2, 0.25) is 0 Å². The summed E-state index contributed by atoms with van der Waals surface area (Å²) in [4.78, 5) is 8.14. The molecule has 16 heavy (non-hydrogen) atoms. The van der Waals surface area contributed by atoms with Crippen LogP contribution in [0.4, 0.5) is 5.82 Å².